The van der Waals surface area contributed by atoms with Gasteiger partial charge in [0, 0.05) is 40.6 Å². The van der Waals surface area contributed by atoms with E-state index < -0.39 is 0 Å². The van der Waals surface area contributed by atoms with Gasteiger partial charge in [-0.25, -0.2) is 4.68 Å². The second-order valence-corrected chi connectivity index (χ2v) is 6.96. The van der Waals surface area contributed by atoms with Gasteiger partial charge >= 0.3 is 0 Å². The summed E-state index contributed by atoms with van der Waals surface area (Å²) in [6.07, 6.45) is 6.70. The van der Waals surface area contributed by atoms with E-state index in [9.17, 15) is 9.59 Å². The zero-order valence-electron chi connectivity index (χ0n) is 14.7. The minimum atomic E-state index is -0.113. The molecule has 0 bridgehead atoms. The summed E-state index contributed by atoms with van der Waals surface area (Å²) in [5.74, 6) is -0.220. The molecule has 2 aliphatic rings. The molecule has 2 aromatic carbocycles. The van der Waals surface area contributed by atoms with E-state index in [4.69, 9.17) is 4.74 Å². The molecule has 134 valence electrons. The van der Waals surface area contributed by atoms with Gasteiger partial charge in [-0.3, -0.25) is 9.59 Å². The molecule has 5 rings (SSSR count). The molecule has 0 N–H and O–H groups in total. The fourth-order valence-corrected chi connectivity index (χ4v) is 3.95. The lowest BCUT2D eigenvalue weighted by Crippen LogP contribution is -2.21. The molecule has 0 amide bonds. The van der Waals surface area contributed by atoms with Crippen LogP contribution in [0.15, 0.2) is 54.9 Å². The predicted octanol–water partition coefficient (Wildman–Crippen LogP) is 4.02. The van der Waals surface area contributed by atoms with E-state index in [0.29, 0.717) is 22.3 Å². The maximum Gasteiger partial charge on any atom is 0.195 e. The number of carbonyl (C=O) groups excluding carboxylic acids is 2. The Morgan fingerprint density at radius 2 is 1.63 bits per heavy atom. The van der Waals surface area contributed by atoms with Gasteiger partial charge in [0.1, 0.15) is 6.23 Å². The van der Waals surface area contributed by atoms with Gasteiger partial charge in [0.2, 0.25) is 0 Å². The summed E-state index contributed by atoms with van der Waals surface area (Å²) in [6.45, 7) is 0.740. The summed E-state index contributed by atoms with van der Waals surface area (Å²) >= 11 is 0. The van der Waals surface area contributed by atoms with Gasteiger partial charge in [0.25, 0.3) is 0 Å². The maximum atomic E-state index is 13.2. The molecule has 1 saturated heterocycles. The van der Waals surface area contributed by atoms with Crippen molar-refractivity contribution in [3.05, 3.63) is 77.1 Å². The van der Waals surface area contributed by atoms with Crippen molar-refractivity contribution < 1.29 is 14.3 Å². The average molecular weight is 358 g/mol. The topological polar surface area (TPSA) is 61.2 Å². The van der Waals surface area contributed by atoms with Gasteiger partial charge in [0.05, 0.1) is 6.20 Å². The third-order valence-electron chi connectivity index (χ3n) is 5.32. The number of nitrogens with zero attached hydrogens (tertiary/aromatic N) is 2. The van der Waals surface area contributed by atoms with Crippen LogP contribution in [-0.4, -0.2) is 28.0 Å². The number of ether oxygens (including phenoxy) is 1. The molecule has 1 aliphatic heterocycles. The molecule has 27 heavy (non-hydrogen) atoms. The van der Waals surface area contributed by atoms with Crippen LogP contribution in [0.4, 0.5) is 0 Å². The van der Waals surface area contributed by atoms with E-state index in [1.54, 1.807) is 36.5 Å². The molecule has 0 saturated carbocycles. The zero-order chi connectivity index (χ0) is 18.4. The SMILES string of the molecule is O=C1c2ccccc2C(=O)c2c1cccc2-c1cnn(C2CCCCO2)c1. The molecule has 0 spiro atoms. The van der Waals surface area contributed by atoms with Crippen LogP contribution in [0.25, 0.3) is 11.1 Å². The van der Waals surface area contributed by atoms with Crippen LogP contribution in [0.5, 0.6) is 0 Å². The van der Waals surface area contributed by atoms with E-state index in [-0.39, 0.29) is 17.8 Å². The Balaban J connectivity index is 1.61. The summed E-state index contributed by atoms with van der Waals surface area (Å²) in [7, 11) is 0. The first-order chi connectivity index (χ1) is 13.2. The first kappa shape index (κ1) is 16.1. The van der Waals surface area contributed by atoms with E-state index in [1.165, 1.54) is 0 Å². The number of aromatic nitrogens is 2. The largest absolute Gasteiger partial charge is 0.357 e. The van der Waals surface area contributed by atoms with Crippen LogP contribution >= 0.6 is 0 Å². The standard InChI is InChI=1S/C22H18N2O3/c25-21-16-6-1-2-7-17(16)22(26)20-15(8-5-9-18(20)21)14-12-23-24(13-14)19-10-3-4-11-27-19/h1-2,5-9,12-13,19H,3-4,10-11H2. The first-order valence-corrected chi connectivity index (χ1v) is 9.21. The molecular weight excluding hydrogens is 340 g/mol. The van der Waals surface area contributed by atoms with Gasteiger partial charge in [-0.15, -0.1) is 0 Å². The molecule has 3 aromatic rings. The third kappa shape index (κ3) is 2.54. The highest BCUT2D eigenvalue weighted by molar-refractivity contribution is 6.30. The second-order valence-electron chi connectivity index (χ2n) is 6.96. The first-order valence-electron chi connectivity index (χ1n) is 9.21. The molecule has 1 atom stereocenters. The van der Waals surface area contributed by atoms with Crippen LogP contribution in [0, 0.1) is 0 Å². The molecule has 1 aromatic heterocycles. The van der Waals surface area contributed by atoms with Crippen LogP contribution in [0.1, 0.15) is 57.3 Å². The maximum absolute atomic E-state index is 13.2. The number of hydrogen-bond donors (Lipinski definition) is 0. The molecule has 5 nitrogen and oxygen atoms in total. The van der Waals surface area contributed by atoms with Crippen molar-refractivity contribution >= 4 is 11.6 Å². The lowest BCUT2D eigenvalue weighted by molar-refractivity contribution is -0.0394. The molecular formula is C22H18N2O3. The zero-order valence-corrected chi connectivity index (χ0v) is 14.7. The molecule has 1 fully saturated rings. The second kappa shape index (κ2) is 6.28. The predicted molar refractivity (Wildman–Crippen MR) is 99.8 cm³/mol. The fourth-order valence-electron chi connectivity index (χ4n) is 3.95. The number of fused-ring (bicyclic) bond motifs is 2. The Kier molecular flexibility index (Phi) is 3.76. The van der Waals surface area contributed by atoms with Crippen LogP contribution in [-0.2, 0) is 4.74 Å². The number of carbonyl (C=O) groups is 2. The quantitative estimate of drug-likeness (QED) is 0.543. The Labute approximate surface area is 156 Å². The van der Waals surface area contributed by atoms with Gasteiger partial charge in [-0.1, -0.05) is 42.5 Å². The minimum absolute atomic E-state index is 0.0647. The van der Waals surface area contributed by atoms with Crippen LogP contribution < -0.4 is 0 Å². The summed E-state index contributed by atoms with van der Waals surface area (Å²) in [6, 6.07) is 12.4. The van der Waals surface area contributed by atoms with Crippen molar-refractivity contribution in [2.24, 2.45) is 0 Å². The average Bonchev–Trinajstić information content (AvgIpc) is 3.22. The summed E-state index contributed by atoms with van der Waals surface area (Å²) in [5, 5.41) is 4.45. The molecule has 0 radical (unpaired) electrons. The minimum Gasteiger partial charge on any atom is -0.357 e. The summed E-state index contributed by atoms with van der Waals surface area (Å²) < 4.78 is 7.61. The number of benzene rings is 2. The van der Waals surface area contributed by atoms with Crippen molar-refractivity contribution in [2.75, 3.05) is 6.61 Å². The smallest absolute Gasteiger partial charge is 0.195 e. The van der Waals surface area contributed by atoms with Crippen molar-refractivity contribution in [3.63, 3.8) is 0 Å². The van der Waals surface area contributed by atoms with Crippen molar-refractivity contribution in [1.29, 1.82) is 0 Å². The lowest BCUT2D eigenvalue weighted by Gasteiger charge is -2.22. The molecule has 1 unspecified atom stereocenters. The summed E-state index contributed by atoms with van der Waals surface area (Å²) in [4.78, 5) is 26.0. The highest BCUT2D eigenvalue weighted by atomic mass is 16.5. The van der Waals surface area contributed by atoms with Gasteiger partial charge in [-0.2, -0.15) is 5.10 Å². The third-order valence-corrected chi connectivity index (χ3v) is 5.32. The van der Waals surface area contributed by atoms with E-state index in [2.05, 4.69) is 5.10 Å². The highest BCUT2D eigenvalue weighted by Crippen LogP contribution is 2.35. The van der Waals surface area contributed by atoms with E-state index >= 15 is 0 Å². The Morgan fingerprint density at radius 1 is 0.889 bits per heavy atom. The number of hydrogen-bond acceptors (Lipinski definition) is 4. The van der Waals surface area contributed by atoms with Crippen LogP contribution in [0.3, 0.4) is 0 Å². The van der Waals surface area contributed by atoms with Crippen molar-refractivity contribution in [3.8, 4) is 11.1 Å². The summed E-state index contributed by atoms with van der Waals surface area (Å²) in [5.41, 5.74) is 3.41. The van der Waals surface area contributed by atoms with E-state index in [1.807, 2.05) is 23.0 Å². The lowest BCUT2D eigenvalue weighted by atomic mass is 9.81. The normalized spacial score (nSPS) is 18.9. The monoisotopic (exact) mass is 358 g/mol. The van der Waals surface area contributed by atoms with Gasteiger partial charge in [-0.05, 0) is 24.8 Å². The van der Waals surface area contributed by atoms with Gasteiger partial charge < -0.3 is 4.74 Å². The Hall–Kier alpha value is -3.05. The molecule has 1 aliphatic carbocycles. The highest BCUT2D eigenvalue weighted by Gasteiger charge is 2.31. The van der Waals surface area contributed by atoms with Crippen molar-refractivity contribution in [1.82, 2.24) is 9.78 Å². The van der Waals surface area contributed by atoms with Gasteiger partial charge in [0.15, 0.2) is 11.6 Å². The van der Waals surface area contributed by atoms with Crippen LogP contribution in [0.2, 0.25) is 0 Å². The molecule has 2 heterocycles. The Bertz CT molecular complexity index is 1060. The number of rotatable bonds is 2. The van der Waals surface area contributed by atoms with E-state index in [0.717, 1.165) is 37.0 Å². The van der Waals surface area contributed by atoms with Crippen molar-refractivity contribution in [2.45, 2.75) is 25.5 Å². The molecule has 5 heteroatoms. The fraction of sp³-hybridized carbons (Fsp3) is 0.227. The number of ketones is 2. The Morgan fingerprint density at radius 3 is 2.41 bits per heavy atom.